The number of hydrogen-bond donors (Lipinski definition) is 1. The van der Waals surface area contributed by atoms with Crippen LogP contribution >= 0.6 is 0 Å². The van der Waals surface area contributed by atoms with E-state index < -0.39 is 5.97 Å². The van der Waals surface area contributed by atoms with Crippen LogP contribution in [-0.2, 0) is 4.79 Å². The predicted octanol–water partition coefficient (Wildman–Crippen LogP) is 6.22. The first-order valence-electron chi connectivity index (χ1n) is 15.8. The highest BCUT2D eigenvalue weighted by Crippen LogP contribution is 2.48. The molecular formula is C32H46N4O2. The van der Waals surface area contributed by atoms with E-state index in [0.29, 0.717) is 24.0 Å². The van der Waals surface area contributed by atoms with Gasteiger partial charge in [-0.3, -0.25) is 14.6 Å². The Labute approximate surface area is 227 Å². The molecular weight excluding hydrogens is 472 g/mol. The monoisotopic (exact) mass is 518 g/mol. The summed E-state index contributed by atoms with van der Waals surface area (Å²) >= 11 is 0. The average molecular weight is 519 g/mol. The minimum absolute atomic E-state index is 0.142. The van der Waals surface area contributed by atoms with E-state index >= 15 is 0 Å². The molecule has 0 unspecified atom stereocenters. The lowest BCUT2D eigenvalue weighted by Crippen LogP contribution is -2.58. The van der Waals surface area contributed by atoms with Crippen molar-refractivity contribution in [2.45, 2.75) is 120 Å². The second-order valence-electron chi connectivity index (χ2n) is 13.5. The molecule has 5 aliphatic rings. The van der Waals surface area contributed by atoms with Gasteiger partial charge < -0.3 is 9.67 Å². The molecule has 7 atom stereocenters. The van der Waals surface area contributed by atoms with E-state index in [4.69, 9.17) is 4.98 Å². The maximum Gasteiger partial charge on any atom is 0.317 e. The Bertz CT molecular complexity index is 1120. The number of aliphatic carboxylic acids is 1. The molecule has 0 radical (unpaired) electrons. The molecule has 4 bridgehead atoms. The lowest BCUT2D eigenvalue weighted by atomic mass is 9.73. The molecule has 206 valence electrons. The van der Waals surface area contributed by atoms with Crippen molar-refractivity contribution in [1.82, 2.24) is 19.4 Å². The van der Waals surface area contributed by atoms with Gasteiger partial charge in [-0.1, -0.05) is 44.2 Å². The minimum atomic E-state index is -0.720. The lowest BCUT2D eigenvalue weighted by Gasteiger charge is -2.55. The lowest BCUT2D eigenvalue weighted by molar-refractivity contribution is -0.138. The average Bonchev–Trinajstić information content (AvgIpc) is 3.21. The van der Waals surface area contributed by atoms with Crippen LogP contribution < -0.4 is 0 Å². The topological polar surface area (TPSA) is 61.6 Å². The zero-order valence-corrected chi connectivity index (χ0v) is 23.0. The van der Waals surface area contributed by atoms with Crippen LogP contribution in [0.25, 0.3) is 11.0 Å². The molecule has 2 saturated carbocycles. The summed E-state index contributed by atoms with van der Waals surface area (Å²) in [5.74, 6) is 2.77. The van der Waals surface area contributed by atoms with Crippen LogP contribution in [0.2, 0.25) is 0 Å². The van der Waals surface area contributed by atoms with E-state index in [1.54, 1.807) is 0 Å². The van der Waals surface area contributed by atoms with Crippen LogP contribution in [0.4, 0.5) is 0 Å². The number of likely N-dealkylation sites (tertiary alicyclic amines) is 1. The number of carbonyl (C=O) groups is 1. The standard InChI is InChI=1S/C32H46N4O2/c37-31(38)21-34-14-6-9-24(20-34)32-33-29-12-3-4-13-30(29)36(32)28-18-25-10-5-11-26(19-28)35(25)27-16-22-7-1-2-8-23(15-22)17-27/h3-4,12-13,22-28H,1-2,5-11,14-21H2,(H,37,38)/t22-,23+,24-,25-,26+,27-,28+/m0/s1. The molecule has 7 rings (SSSR count). The van der Waals surface area contributed by atoms with E-state index in [1.807, 2.05) is 0 Å². The molecule has 1 aromatic heterocycles. The summed E-state index contributed by atoms with van der Waals surface area (Å²) in [6, 6.07) is 11.5. The molecule has 6 nitrogen and oxygen atoms in total. The third-order valence-electron chi connectivity index (χ3n) is 11.0. The molecule has 0 amide bonds. The maximum absolute atomic E-state index is 11.5. The third-order valence-corrected chi connectivity index (χ3v) is 11.0. The zero-order valence-electron chi connectivity index (χ0n) is 23.0. The molecule has 3 aliphatic heterocycles. The van der Waals surface area contributed by atoms with Crippen molar-refractivity contribution in [1.29, 1.82) is 0 Å². The smallest absolute Gasteiger partial charge is 0.317 e. The van der Waals surface area contributed by atoms with Gasteiger partial charge in [0.2, 0.25) is 0 Å². The van der Waals surface area contributed by atoms with Crippen molar-refractivity contribution in [2.75, 3.05) is 19.6 Å². The fourth-order valence-electron chi connectivity index (χ4n) is 9.64. The summed E-state index contributed by atoms with van der Waals surface area (Å²) in [6.07, 6.45) is 19.1. The second kappa shape index (κ2) is 10.6. The second-order valence-corrected chi connectivity index (χ2v) is 13.5. The number of piperidine rings is 3. The fourth-order valence-corrected chi connectivity index (χ4v) is 9.64. The number of carboxylic acid groups (broad SMARTS) is 1. The highest BCUT2D eigenvalue weighted by atomic mass is 16.4. The number of rotatable bonds is 5. The van der Waals surface area contributed by atoms with Gasteiger partial charge in [0.25, 0.3) is 0 Å². The van der Waals surface area contributed by atoms with Gasteiger partial charge in [0.15, 0.2) is 0 Å². The van der Waals surface area contributed by atoms with E-state index in [-0.39, 0.29) is 6.54 Å². The van der Waals surface area contributed by atoms with Crippen molar-refractivity contribution in [3.8, 4) is 0 Å². The number of aromatic nitrogens is 2. The predicted molar refractivity (Wildman–Crippen MR) is 150 cm³/mol. The molecule has 2 aromatic rings. The number of carboxylic acids is 1. The molecule has 3 saturated heterocycles. The van der Waals surface area contributed by atoms with Gasteiger partial charge in [0, 0.05) is 36.6 Å². The van der Waals surface area contributed by atoms with Crippen LogP contribution in [-0.4, -0.2) is 68.2 Å². The Morgan fingerprint density at radius 3 is 2.29 bits per heavy atom. The van der Waals surface area contributed by atoms with E-state index in [9.17, 15) is 9.90 Å². The Hall–Kier alpha value is -1.92. The van der Waals surface area contributed by atoms with Crippen molar-refractivity contribution >= 4 is 17.0 Å². The summed E-state index contributed by atoms with van der Waals surface area (Å²) in [5.41, 5.74) is 2.40. The van der Waals surface area contributed by atoms with Crippen molar-refractivity contribution < 1.29 is 9.90 Å². The highest BCUT2D eigenvalue weighted by molar-refractivity contribution is 5.76. The number of hydrogen-bond acceptors (Lipinski definition) is 4. The van der Waals surface area contributed by atoms with Gasteiger partial charge in [-0.05, 0) is 88.3 Å². The van der Waals surface area contributed by atoms with Crippen LogP contribution in [0.5, 0.6) is 0 Å². The molecule has 0 spiro atoms. The Morgan fingerprint density at radius 2 is 1.55 bits per heavy atom. The normalized spacial score (nSPS) is 36.7. The molecule has 1 aromatic carbocycles. The quantitative estimate of drug-likeness (QED) is 0.509. The van der Waals surface area contributed by atoms with E-state index in [0.717, 1.165) is 49.3 Å². The Kier molecular flexibility index (Phi) is 6.98. The Balaban J connectivity index is 1.17. The number of imidazole rings is 1. The minimum Gasteiger partial charge on any atom is -0.480 e. The van der Waals surface area contributed by atoms with Gasteiger partial charge in [0.1, 0.15) is 5.82 Å². The first kappa shape index (κ1) is 25.1. The fraction of sp³-hybridized carbons (Fsp3) is 0.750. The summed E-state index contributed by atoms with van der Waals surface area (Å²) in [5, 5.41) is 9.42. The largest absolute Gasteiger partial charge is 0.480 e. The maximum atomic E-state index is 11.5. The van der Waals surface area contributed by atoms with Crippen molar-refractivity contribution in [2.24, 2.45) is 11.8 Å². The first-order valence-corrected chi connectivity index (χ1v) is 15.8. The van der Waals surface area contributed by atoms with Gasteiger partial charge >= 0.3 is 5.97 Å². The van der Waals surface area contributed by atoms with Crippen molar-refractivity contribution in [3.63, 3.8) is 0 Å². The summed E-state index contributed by atoms with van der Waals surface area (Å²) in [4.78, 5) is 21.9. The van der Waals surface area contributed by atoms with E-state index in [2.05, 4.69) is 38.6 Å². The van der Waals surface area contributed by atoms with Crippen LogP contribution in [0, 0.1) is 11.8 Å². The van der Waals surface area contributed by atoms with Gasteiger partial charge in [-0.15, -0.1) is 0 Å². The SMILES string of the molecule is O=C(O)CN1CCC[C@H](c2nc3ccccc3n2[C@H]2C[C@H]3CCC[C@@H](C2)N3[C@@H]2C[C@@H]3CCCC[C@@H](C3)C2)C1. The molecule has 6 heteroatoms. The Morgan fingerprint density at radius 1 is 0.816 bits per heavy atom. The van der Waals surface area contributed by atoms with Crippen LogP contribution in [0.3, 0.4) is 0 Å². The molecule has 38 heavy (non-hydrogen) atoms. The summed E-state index contributed by atoms with van der Waals surface area (Å²) in [7, 11) is 0. The first-order chi connectivity index (χ1) is 18.6. The molecule has 1 N–H and O–H groups in total. The number of fused-ring (bicyclic) bond motifs is 5. The van der Waals surface area contributed by atoms with Crippen LogP contribution in [0.15, 0.2) is 24.3 Å². The van der Waals surface area contributed by atoms with Gasteiger partial charge in [-0.25, -0.2) is 4.98 Å². The summed E-state index contributed by atoms with van der Waals surface area (Å²) in [6.45, 7) is 1.84. The number of benzene rings is 1. The number of para-hydroxylation sites is 2. The highest BCUT2D eigenvalue weighted by Gasteiger charge is 2.45. The van der Waals surface area contributed by atoms with Gasteiger partial charge in [0.05, 0.1) is 17.6 Å². The summed E-state index contributed by atoms with van der Waals surface area (Å²) < 4.78 is 2.65. The number of nitrogens with zero attached hydrogens (tertiary/aromatic N) is 4. The van der Waals surface area contributed by atoms with Gasteiger partial charge in [-0.2, -0.15) is 0 Å². The van der Waals surface area contributed by atoms with Crippen LogP contribution in [0.1, 0.15) is 108 Å². The van der Waals surface area contributed by atoms with E-state index in [1.165, 1.54) is 88.4 Å². The third kappa shape index (κ3) is 4.81. The molecule has 5 fully saturated rings. The zero-order chi connectivity index (χ0) is 25.6. The molecule has 4 heterocycles. The molecule has 2 aliphatic carbocycles. The van der Waals surface area contributed by atoms with Crippen molar-refractivity contribution in [3.05, 3.63) is 30.1 Å².